The van der Waals surface area contributed by atoms with E-state index in [1.807, 2.05) is 36.1 Å². The smallest absolute Gasteiger partial charge is 0.317 e. The molecule has 146 valence electrons. The molecule has 2 aromatic rings. The minimum Gasteiger partial charge on any atom is -0.494 e. The first-order chi connectivity index (χ1) is 13.7. The van der Waals surface area contributed by atoms with E-state index < -0.39 is 0 Å². The van der Waals surface area contributed by atoms with Crippen molar-refractivity contribution in [1.82, 2.24) is 15.2 Å². The Labute approximate surface area is 165 Å². The number of aromatic nitrogens is 1. The Morgan fingerprint density at radius 2 is 2.07 bits per heavy atom. The van der Waals surface area contributed by atoms with Crippen molar-refractivity contribution in [2.24, 2.45) is 0 Å². The summed E-state index contributed by atoms with van der Waals surface area (Å²) in [5.74, 6) is 1.49. The standard InChI is InChI=1S/C21H25N5O2/c1-2-28-19-9-4-3-7-18(19)16-24-21(27)26-12-6-11-25(13-14-26)20-17(15-22)8-5-10-23-20/h3-5,7-10H,2,6,11-14,16H2,1H3,(H,24,27). The van der Waals surface area contributed by atoms with Gasteiger partial charge in [0.05, 0.1) is 12.2 Å². The highest BCUT2D eigenvalue weighted by molar-refractivity contribution is 5.74. The molecular formula is C21H25N5O2. The summed E-state index contributed by atoms with van der Waals surface area (Å²) >= 11 is 0. The van der Waals surface area contributed by atoms with E-state index in [1.54, 1.807) is 18.3 Å². The van der Waals surface area contributed by atoms with Crippen LogP contribution in [0.15, 0.2) is 42.6 Å². The summed E-state index contributed by atoms with van der Waals surface area (Å²) in [7, 11) is 0. The van der Waals surface area contributed by atoms with Gasteiger partial charge in [0, 0.05) is 44.5 Å². The summed E-state index contributed by atoms with van der Waals surface area (Å²) in [4.78, 5) is 20.9. The second-order valence-electron chi connectivity index (χ2n) is 6.51. The van der Waals surface area contributed by atoms with E-state index in [4.69, 9.17) is 4.74 Å². The van der Waals surface area contributed by atoms with Gasteiger partial charge in [-0.2, -0.15) is 5.26 Å². The number of nitriles is 1. The number of anilines is 1. The molecule has 28 heavy (non-hydrogen) atoms. The van der Waals surface area contributed by atoms with E-state index in [0.717, 1.165) is 24.3 Å². The zero-order valence-electron chi connectivity index (χ0n) is 16.1. The highest BCUT2D eigenvalue weighted by Crippen LogP contribution is 2.19. The molecule has 0 saturated carbocycles. The van der Waals surface area contributed by atoms with Gasteiger partial charge in [-0.15, -0.1) is 0 Å². The average molecular weight is 379 g/mol. The van der Waals surface area contributed by atoms with Crippen LogP contribution in [0.25, 0.3) is 0 Å². The maximum Gasteiger partial charge on any atom is 0.317 e. The Morgan fingerprint density at radius 1 is 1.21 bits per heavy atom. The quantitative estimate of drug-likeness (QED) is 0.864. The van der Waals surface area contributed by atoms with E-state index in [1.165, 1.54) is 0 Å². The second-order valence-corrected chi connectivity index (χ2v) is 6.51. The first-order valence-corrected chi connectivity index (χ1v) is 9.56. The fourth-order valence-corrected chi connectivity index (χ4v) is 3.30. The van der Waals surface area contributed by atoms with Crippen LogP contribution in [0.3, 0.4) is 0 Å². The van der Waals surface area contributed by atoms with Crippen LogP contribution in [0.1, 0.15) is 24.5 Å². The first kappa shape index (κ1) is 19.5. The monoisotopic (exact) mass is 379 g/mol. The second kappa shape index (κ2) is 9.60. The molecular weight excluding hydrogens is 354 g/mol. The lowest BCUT2D eigenvalue weighted by atomic mass is 10.2. The Balaban J connectivity index is 1.58. The third-order valence-corrected chi connectivity index (χ3v) is 4.69. The van der Waals surface area contributed by atoms with Crippen LogP contribution in [0.5, 0.6) is 5.75 Å². The molecule has 0 aliphatic carbocycles. The number of rotatable bonds is 5. The van der Waals surface area contributed by atoms with Crippen molar-refractivity contribution in [3.8, 4) is 11.8 Å². The number of nitrogens with one attached hydrogen (secondary N) is 1. The Hall–Kier alpha value is -3.27. The Bertz CT molecular complexity index is 849. The van der Waals surface area contributed by atoms with Crippen molar-refractivity contribution in [1.29, 1.82) is 5.26 Å². The van der Waals surface area contributed by atoms with Crippen LogP contribution in [-0.2, 0) is 6.54 Å². The number of benzene rings is 1. The maximum atomic E-state index is 12.6. The molecule has 1 fully saturated rings. The molecule has 0 radical (unpaired) electrons. The van der Waals surface area contributed by atoms with Gasteiger partial charge >= 0.3 is 6.03 Å². The number of hydrogen-bond acceptors (Lipinski definition) is 5. The molecule has 0 unspecified atom stereocenters. The molecule has 7 heteroatoms. The molecule has 2 heterocycles. The van der Waals surface area contributed by atoms with Gasteiger partial charge < -0.3 is 19.9 Å². The molecule has 0 spiro atoms. The SMILES string of the molecule is CCOc1ccccc1CNC(=O)N1CCCN(c2ncccc2C#N)CC1. The van der Waals surface area contributed by atoms with Gasteiger partial charge in [-0.1, -0.05) is 18.2 Å². The topological polar surface area (TPSA) is 81.5 Å². The molecule has 3 rings (SSSR count). The predicted molar refractivity (Wildman–Crippen MR) is 107 cm³/mol. The van der Waals surface area contributed by atoms with Gasteiger partial charge in [-0.05, 0) is 31.5 Å². The van der Waals surface area contributed by atoms with Crippen molar-refractivity contribution < 1.29 is 9.53 Å². The van der Waals surface area contributed by atoms with E-state index in [0.29, 0.717) is 44.2 Å². The molecule has 1 aliphatic rings. The number of carbonyl (C=O) groups excluding carboxylic acids is 1. The Kier molecular flexibility index (Phi) is 6.68. The fraction of sp³-hybridized carbons (Fsp3) is 0.381. The predicted octanol–water partition coefficient (Wildman–Crippen LogP) is 2.77. The van der Waals surface area contributed by atoms with Crippen LogP contribution in [0.4, 0.5) is 10.6 Å². The van der Waals surface area contributed by atoms with Gasteiger partial charge in [0.2, 0.25) is 0 Å². The molecule has 7 nitrogen and oxygen atoms in total. The van der Waals surface area contributed by atoms with Crippen molar-refractivity contribution in [2.45, 2.75) is 19.9 Å². The molecule has 0 bridgehead atoms. The van der Waals surface area contributed by atoms with Crippen molar-refractivity contribution >= 4 is 11.8 Å². The number of pyridine rings is 1. The summed E-state index contributed by atoms with van der Waals surface area (Å²) in [5, 5.41) is 12.3. The normalized spacial score (nSPS) is 14.1. The van der Waals surface area contributed by atoms with E-state index in [2.05, 4.69) is 21.3 Å². The van der Waals surface area contributed by atoms with Gasteiger partial charge in [0.25, 0.3) is 0 Å². The number of carbonyl (C=O) groups is 1. The fourth-order valence-electron chi connectivity index (χ4n) is 3.30. The lowest BCUT2D eigenvalue weighted by Gasteiger charge is -2.23. The summed E-state index contributed by atoms with van der Waals surface area (Å²) in [6.07, 6.45) is 2.52. The molecule has 1 aromatic carbocycles. The van der Waals surface area contributed by atoms with E-state index in [-0.39, 0.29) is 6.03 Å². The van der Waals surface area contributed by atoms with Crippen LogP contribution in [0.2, 0.25) is 0 Å². The maximum absolute atomic E-state index is 12.6. The molecule has 1 N–H and O–H groups in total. The number of para-hydroxylation sites is 1. The summed E-state index contributed by atoms with van der Waals surface area (Å²) in [6, 6.07) is 13.4. The zero-order chi connectivity index (χ0) is 19.8. The van der Waals surface area contributed by atoms with Gasteiger partial charge in [-0.3, -0.25) is 0 Å². The number of nitrogens with zero attached hydrogens (tertiary/aromatic N) is 4. The zero-order valence-corrected chi connectivity index (χ0v) is 16.1. The van der Waals surface area contributed by atoms with Gasteiger partial charge in [0.1, 0.15) is 17.6 Å². The van der Waals surface area contributed by atoms with Gasteiger partial charge in [0.15, 0.2) is 0 Å². The van der Waals surface area contributed by atoms with Crippen LogP contribution >= 0.6 is 0 Å². The number of amides is 2. The summed E-state index contributed by atoms with van der Waals surface area (Å²) < 4.78 is 5.61. The molecule has 1 saturated heterocycles. The van der Waals surface area contributed by atoms with Crippen LogP contribution in [0, 0.1) is 11.3 Å². The molecule has 0 atom stereocenters. The minimum absolute atomic E-state index is 0.0883. The Morgan fingerprint density at radius 3 is 2.89 bits per heavy atom. The van der Waals surface area contributed by atoms with E-state index in [9.17, 15) is 10.1 Å². The third-order valence-electron chi connectivity index (χ3n) is 4.69. The highest BCUT2D eigenvalue weighted by Gasteiger charge is 2.21. The number of ether oxygens (including phenoxy) is 1. The summed E-state index contributed by atoms with van der Waals surface area (Å²) in [6.45, 7) is 5.62. The molecule has 2 amide bonds. The van der Waals surface area contributed by atoms with Crippen LogP contribution in [-0.4, -0.2) is 48.7 Å². The van der Waals surface area contributed by atoms with Crippen molar-refractivity contribution in [3.05, 3.63) is 53.7 Å². The lowest BCUT2D eigenvalue weighted by molar-refractivity contribution is 0.201. The van der Waals surface area contributed by atoms with Crippen LogP contribution < -0.4 is 15.0 Å². The summed E-state index contributed by atoms with van der Waals surface area (Å²) in [5.41, 5.74) is 1.52. The lowest BCUT2D eigenvalue weighted by Crippen LogP contribution is -2.41. The first-order valence-electron chi connectivity index (χ1n) is 9.56. The minimum atomic E-state index is -0.0883. The number of urea groups is 1. The van der Waals surface area contributed by atoms with E-state index >= 15 is 0 Å². The molecule has 1 aromatic heterocycles. The number of hydrogen-bond donors (Lipinski definition) is 1. The third kappa shape index (κ3) is 4.71. The largest absolute Gasteiger partial charge is 0.494 e. The van der Waals surface area contributed by atoms with Gasteiger partial charge in [-0.25, -0.2) is 9.78 Å². The highest BCUT2D eigenvalue weighted by atomic mass is 16.5. The average Bonchev–Trinajstić information content (AvgIpc) is 2.99. The molecule has 1 aliphatic heterocycles. The van der Waals surface area contributed by atoms with Crippen molar-refractivity contribution in [3.63, 3.8) is 0 Å². The van der Waals surface area contributed by atoms with Crippen molar-refractivity contribution in [2.75, 3.05) is 37.7 Å².